The van der Waals surface area contributed by atoms with Gasteiger partial charge in [0.05, 0.1) is 17.3 Å². The number of tetrazole rings is 1. The van der Waals surface area contributed by atoms with E-state index in [1.165, 1.54) is 6.33 Å². The van der Waals surface area contributed by atoms with Gasteiger partial charge in [0.2, 0.25) is 0 Å². The fourth-order valence-corrected chi connectivity index (χ4v) is 1.84. The third-order valence-corrected chi connectivity index (χ3v) is 2.92. The fraction of sp³-hybridized carbons (Fsp3) is 0.0667. The van der Waals surface area contributed by atoms with Gasteiger partial charge >= 0.3 is 0 Å². The van der Waals surface area contributed by atoms with E-state index in [-0.39, 0.29) is 0 Å². The Labute approximate surface area is 121 Å². The van der Waals surface area contributed by atoms with Crippen LogP contribution in [0.2, 0.25) is 0 Å². The van der Waals surface area contributed by atoms with Crippen molar-refractivity contribution < 1.29 is 4.74 Å². The van der Waals surface area contributed by atoms with Gasteiger partial charge in [-0.2, -0.15) is 5.26 Å². The molecule has 0 spiro atoms. The van der Waals surface area contributed by atoms with Crippen LogP contribution in [-0.4, -0.2) is 20.2 Å². The van der Waals surface area contributed by atoms with Gasteiger partial charge in [0.15, 0.2) is 0 Å². The molecule has 0 aliphatic rings. The highest BCUT2D eigenvalue weighted by Gasteiger charge is 2.01. The van der Waals surface area contributed by atoms with E-state index in [1.54, 1.807) is 16.8 Å². The monoisotopic (exact) mass is 277 g/mol. The van der Waals surface area contributed by atoms with Crippen LogP contribution in [0.15, 0.2) is 54.9 Å². The first kappa shape index (κ1) is 12.8. The molecule has 6 nitrogen and oxygen atoms in total. The maximum absolute atomic E-state index is 8.76. The molecule has 0 aliphatic heterocycles. The van der Waals surface area contributed by atoms with Gasteiger partial charge in [0, 0.05) is 6.07 Å². The van der Waals surface area contributed by atoms with Crippen molar-refractivity contribution in [3.8, 4) is 17.5 Å². The van der Waals surface area contributed by atoms with Gasteiger partial charge < -0.3 is 4.74 Å². The third-order valence-electron chi connectivity index (χ3n) is 2.92. The number of ether oxygens (including phenoxy) is 1. The van der Waals surface area contributed by atoms with E-state index in [2.05, 4.69) is 21.6 Å². The molecule has 1 heterocycles. The van der Waals surface area contributed by atoms with E-state index >= 15 is 0 Å². The maximum atomic E-state index is 8.76. The summed E-state index contributed by atoms with van der Waals surface area (Å²) in [5.41, 5.74) is 2.47. The summed E-state index contributed by atoms with van der Waals surface area (Å²) in [5, 5.41) is 19.8. The number of nitriles is 1. The second-order valence-corrected chi connectivity index (χ2v) is 4.35. The largest absolute Gasteiger partial charge is 0.489 e. The lowest BCUT2D eigenvalue weighted by atomic mass is 10.1. The van der Waals surface area contributed by atoms with E-state index in [1.807, 2.05) is 36.4 Å². The predicted molar refractivity (Wildman–Crippen MR) is 74.6 cm³/mol. The van der Waals surface area contributed by atoms with E-state index in [9.17, 15) is 0 Å². The van der Waals surface area contributed by atoms with Crippen LogP contribution in [0.3, 0.4) is 0 Å². The Morgan fingerprint density at radius 3 is 2.71 bits per heavy atom. The van der Waals surface area contributed by atoms with Crippen LogP contribution in [0.5, 0.6) is 5.75 Å². The van der Waals surface area contributed by atoms with E-state index in [0.717, 1.165) is 17.0 Å². The van der Waals surface area contributed by atoms with Crippen molar-refractivity contribution >= 4 is 0 Å². The molecule has 0 aliphatic carbocycles. The molecular formula is C15H11N5O. The van der Waals surface area contributed by atoms with E-state index in [4.69, 9.17) is 10.00 Å². The van der Waals surface area contributed by atoms with Crippen LogP contribution in [0.25, 0.3) is 5.69 Å². The van der Waals surface area contributed by atoms with Crippen molar-refractivity contribution in [2.45, 2.75) is 6.61 Å². The van der Waals surface area contributed by atoms with Crippen LogP contribution in [0, 0.1) is 11.3 Å². The fourth-order valence-electron chi connectivity index (χ4n) is 1.84. The Morgan fingerprint density at radius 1 is 1.14 bits per heavy atom. The van der Waals surface area contributed by atoms with Crippen molar-refractivity contribution in [3.63, 3.8) is 0 Å². The SMILES string of the molecule is N#Cc1ccc(COc2cccc(-n3cnnn3)c2)cc1. The molecule has 21 heavy (non-hydrogen) atoms. The Hall–Kier alpha value is -3.20. The van der Waals surface area contributed by atoms with Crippen LogP contribution in [0.4, 0.5) is 0 Å². The molecule has 0 fully saturated rings. The molecule has 1 aromatic heterocycles. The van der Waals surface area contributed by atoms with Crippen molar-refractivity contribution in [2.75, 3.05) is 0 Å². The molecule has 0 bridgehead atoms. The minimum absolute atomic E-state index is 0.435. The lowest BCUT2D eigenvalue weighted by Crippen LogP contribution is -1.98. The van der Waals surface area contributed by atoms with Crippen molar-refractivity contribution in [2.24, 2.45) is 0 Å². The molecule has 0 atom stereocenters. The second kappa shape index (κ2) is 5.84. The van der Waals surface area contributed by atoms with Gasteiger partial charge in [0.1, 0.15) is 18.7 Å². The lowest BCUT2D eigenvalue weighted by molar-refractivity contribution is 0.306. The summed E-state index contributed by atoms with van der Waals surface area (Å²) >= 11 is 0. The standard InChI is InChI=1S/C15H11N5O/c16-9-12-4-6-13(7-5-12)10-21-15-3-1-2-14(8-15)20-11-17-18-19-20/h1-8,11H,10H2. The minimum atomic E-state index is 0.435. The smallest absolute Gasteiger partial charge is 0.143 e. The van der Waals surface area contributed by atoms with Gasteiger partial charge in [-0.3, -0.25) is 0 Å². The summed E-state index contributed by atoms with van der Waals surface area (Å²) in [6.45, 7) is 0.435. The lowest BCUT2D eigenvalue weighted by Gasteiger charge is -2.08. The summed E-state index contributed by atoms with van der Waals surface area (Å²) in [7, 11) is 0. The zero-order valence-corrected chi connectivity index (χ0v) is 11.0. The average Bonchev–Trinajstić information content (AvgIpc) is 3.08. The van der Waals surface area contributed by atoms with Crippen LogP contribution >= 0.6 is 0 Å². The van der Waals surface area contributed by atoms with Crippen LogP contribution in [-0.2, 0) is 6.61 Å². The number of benzene rings is 2. The van der Waals surface area contributed by atoms with Gasteiger partial charge in [-0.05, 0) is 40.3 Å². The zero-order chi connectivity index (χ0) is 14.5. The molecule has 0 saturated heterocycles. The number of nitrogens with zero attached hydrogens (tertiary/aromatic N) is 5. The van der Waals surface area contributed by atoms with Crippen LogP contribution < -0.4 is 4.74 Å². The molecule has 0 N–H and O–H groups in total. The number of hydrogen-bond acceptors (Lipinski definition) is 5. The van der Waals surface area contributed by atoms with E-state index in [0.29, 0.717) is 12.2 Å². The number of hydrogen-bond donors (Lipinski definition) is 0. The van der Waals surface area contributed by atoms with Gasteiger partial charge in [-0.1, -0.05) is 18.2 Å². The van der Waals surface area contributed by atoms with Crippen molar-refractivity contribution in [1.82, 2.24) is 20.2 Å². The van der Waals surface area contributed by atoms with Gasteiger partial charge in [-0.25, -0.2) is 4.68 Å². The molecule has 3 aromatic rings. The predicted octanol–water partition coefficient (Wildman–Crippen LogP) is 2.11. The Morgan fingerprint density at radius 2 is 2.00 bits per heavy atom. The first-order chi connectivity index (χ1) is 10.3. The quantitative estimate of drug-likeness (QED) is 0.730. The zero-order valence-electron chi connectivity index (χ0n) is 11.0. The Balaban J connectivity index is 1.70. The molecule has 2 aromatic carbocycles. The minimum Gasteiger partial charge on any atom is -0.489 e. The molecule has 6 heteroatoms. The highest BCUT2D eigenvalue weighted by molar-refractivity contribution is 5.38. The third kappa shape index (κ3) is 3.04. The Kier molecular flexibility index (Phi) is 3.56. The van der Waals surface area contributed by atoms with Crippen molar-refractivity contribution in [1.29, 1.82) is 5.26 Å². The topological polar surface area (TPSA) is 76.6 Å². The maximum Gasteiger partial charge on any atom is 0.143 e. The normalized spacial score (nSPS) is 10.0. The van der Waals surface area contributed by atoms with Crippen LogP contribution in [0.1, 0.15) is 11.1 Å². The van der Waals surface area contributed by atoms with E-state index < -0.39 is 0 Å². The first-order valence-corrected chi connectivity index (χ1v) is 6.30. The van der Waals surface area contributed by atoms with Crippen molar-refractivity contribution in [3.05, 3.63) is 66.0 Å². The molecule has 0 unspecified atom stereocenters. The number of aromatic nitrogens is 4. The molecule has 3 rings (SSSR count). The summed E-state index contributed by atoms with van der Waals surface area (Å²) in [6.07, 6.45) is 1.53. The number of rotatable bonds is 4. The highest BCUT2D eigenvalue weighted by atomic mass is 16.5. The molecule has 0 radical (unpaired) electrons. The first-order valence-electron chi connectivity index (χ1n) is 6.30. The summed E-state index contributed by atoms with van der Waals surface area (Å²) in [4.78, 5) is 0. The van der Waals surface area contributed by atoms with Gasteiger partial charge in [-0.15, -0.1) is 5.10 Å². The summed E-state index contributed by atoms with van der Waals surface area (Å²) in [6, 6.07) is 16.9. The van der Waals surface area contributed by atoms with Gasteiger partial charge in [0.25, 0.3) is 0 Å². The summed E-state index contributed by atoms with van der Waals surface area (Å²) in [5.74, 6) is 0.729. The molecule has 0 saturated carbocycles. The second-order valence-electron chi connectivity index (χ2n) is 4.35. The highest BCUT2D eigenvalue weighted by Crippen LogP contribution is 2.17. The molecule has 0 amide bonds. The molecule has 102 valence electrons. The summed E-state index contributed by atoms with van der Waals surface area (Å²) < 4.78 is 7.30. The molecular weight excluding hydrogens is 266 g/mol. The Bertz CT molecular complexity index is 760. The average molecular weight is 277 g/mol.